The zero-order valence-electron chi connectivity index (χ0n) is 10.4. The van der Waals surface area contributed by atoms with Crippen molar-refractivity contribution >= 4 is 18.4 Å². The molecular weight excluding hydrogens is 242 g/mol. The van der Waals surface area contributed by atoms with Gasteiger partial charge in [-0.05, 0) is 44.7 Å². The van der Waals surface area contributed by atoms with Gasteiger partial charge in [-0.1, -0.05) is 0 Å². The molecule has 0 aliphatic carbocycles. The molecule has 0 bridgehead atoms. The Balaban J connectivity index is 0.00000144. The molecule has 2 saturated heterocycles. The second-order valence-electron chi connectivity index (χ2n) is 4.78. The van der Waals surface area contributed by atoms with Crippen molar-refractivity contribution in [1.29, 1.82) is 0 Å². The molecule has 2 aliphatic heterocycles. The number of rotatable bonds is 2. The zero-order valence-corrected chi connectivity index (χ0v) is 11.2. The molecule has 17 heavy (non-hydrogen) atoms. The van der Waals surface area contributed by atoms with Gasteiger partial charge in [0.05, 0.1) is 12.5 Å². The van der Waals surface area contributed by atoms with E-state index < -0.39 is 0 Å². The van der Waals surface area contributed by atoms with Gasteiger partial charge in [-0.3, -0.25) is 4.79 Å². The number of nitrogens with one attached hydrogen (secondary N) is 1. The third-order valence-corrected chi connectivity index (χ3v) is 4.10. The lowest BCUT2D eigenvalue weighted by atomic mass is 9.66. The maximum atomic E-state index is 12.1. The quantitative estimate of drug-likeness (QED) is 0.765. The SMILES string of the molecule is COC(=O)C1(C2CCNCC2)CCOCC1.Cl. The van der Waals surface area contributed by atoms with E-state index >= 15 is 0 Å². The van der Waals surface area contributed by atoms with Gasteiger partial charge in [0.1, 0.15) is 0 Å². The van der Waals surface area contributed by atoms with Gasteiger partial charge in [-0.15, -0.1) is 12.4 Å². The number of esters is 1. The lowest BCUT2D eigenvalue weighted by molar-refractivity contribution is -0.165. The highest BCUT2D eigenvalue weighted by atomic mass is 35.5. The van der Waals surface area contributed by atoms with Crippen LogP contribution in [0, 0.1) is 11.3 Å². The zero-order chi connectivity index (χ0) is 11.4. The van der Waals surface area contributed by atoms with Crippen LogP contribution in [0.1, 0.15) is 25.7 Å². The number of hydrogen-bond acceptors (Lipinski definition) is 4. The predicted molar refractivity (Wildman–Crippen MR) is 67.3 cm³/mol. The fraction of sp³-hybridized carbons (Fsp3) is 0.917. The summed E-state index contributed by atoms with van der Waals surface area (Å²) in [5.41, 5.74) is -0.269. The van der Waals surface area contributed by atoms with E-state index in [1.807, 2.05) is 0 Å². The van der Waals surface area contributed by atoms with Crippen LogP contribution in [0.25, 0.3) is 0 Å². The Labute approximate surface area is 109 Å². The second kappa shape index (κ2) is 6.57. The van der Waals surface area contributed by atoms with Gasteiger partial charge in [0.15, 0.2) is 0 Å². The molecule has 0 spiro atoms. The summed E-state index contributed by atoms with van der Waals surface area (Å²) in [4.78, 5) is 12.1. The highest BCUT2D eigenvalue weighted by Gasteiger charge is 2.47. The molecule has 100 valence electrons. The average Bonchev–Trinajstić information content (AvgIpc) is 2.39. The van der Waals surface area contributed by atoms with Crippen LogP contribution >= 0.6 is 12.4 Å². The molecule has 4 nitrogen and oxygen atoms in total. The minimum atomic E-state index is -0.269. The summed E-state index contributed by atoms with van der Waals surface area (Å²) in [6.07, 6.45) is 3.80. The maximum Gasteiger partial charge on any atom is 0.312 e. The van der Waals surface area contributed by atoms with Crippen LogP contribution in [0.2, 0.25) is 0 Å². The van der Waals surface area contributed by atoms with E-state index in [0.29, 0.717) is 19.1 Å². The highest BCUT2D eigenvalue weighted by Crippen LogP contribution is 2.43. The van der Waals surface area contributed by atoms with E-state index in [2.05, 4.69) is 5.32 Å². The van der Waals surface area contributed by atoms with Gasteiger partial charge in [0.2, 0.25) is 0 Å². The van der Waals surface area contributed by atoms with Crippen LogP contribution in [-0.4, -0.2) is 39.4 Å². The van der Waals surface area contributed by atoms with Crippen LogP contribution in [0.3, 0.4) is 0 Å². The third-order valence-electron chi connectivity index (χ3n) is 4.10. The summed E-state index contributed by atoms with van der Waals surface area (Å²) in [6, 6.07) is 0. The molecule has 0 atom stereocenters. The fourth-order valence-electron chi connectivity index (χ4n) is 3.09. The Hall–Kier alpha value is -0.320. The van der Waals surface area contributed by atoms with E-state index in [9.17, 15) is 4.79 Å². The summed E-state index contributed by atoms with van der Waals surface area (Å²) in [5, 5.41) is 3.34. The second-order valence-corrected chi connectivity index (χ2v) is 4.78. The molecule has 0 saturated carbocycles. The van der Waals surface area contributed by atoms with Crippen molar-refractivity contribution in [2.45, 2.75) is 25.7 Å². The van der Waals surface area contributed by atoms with Crippen LogP contribution in [0.4, 0.5) is 0 Å². The average molecular weight is 264 g/mol. The number of hydrogen-bond donors (Lipinski definition) is 1. The minimum Gasteiger partial charge on any atom is -0.469 e. The molecule has 2 aliphatic rings. The van der Waals surface area contributed by atoms with Crippen LogP contribution in [0.5, 0.6) is 0 Å². The monoisotopic (exact) mass is 263 g/mol. The summed E-state index contributed by atoms with van der Waals surface area (Å²) in [6.45, 7) is 3.42. The van der Waals surface area contributed by atoms with Crippen molar-refractivity contribution in [1.82, 2.24) is 5.32 Å². The van der Waals surface area contributed by atoms with E-state index in [1.54, 1.807) is 0 Å². The molecule has 0 aromatic heterocycles. The molecule has 0 aromatic carbocycles. The van der Waals surface area contributed by atoms with Gasteiger partial charge >= 0.3 is 5.97 Å². The van der Waals surface area contributed by atoms with Gasteiger partial charge in [-0.25, -0.2) is 0 Å². The maximum absolute atomic E-state index is 12.1. The number of piperidine rings is 1. The summed E-state index contributed by atoms with van der Waals surface area (Å²) in [7, 11) is 1.50. The van der Waals surface area contributed by atoms with Gasteiger partial charge in [0, 0.05) is 13.2 Å². The number of carbonyl (C=O) groups excluding carboxylic acids is 1. The van der Waals surface area contributed by atoms with E-state index in [0.717, 1.165) is 38.8 Å². The fourth-order valence-corrected chi connectivity index (χ4v) is 3.09. The standard InChI is InChI=1S/C12H21NO3.ClH/c1-15-11(14)12(4-8-16-9-5-12)10-2-6-13-7-3-10;/h10,13H,2-9H2,1H3;1H. The normalized spacial score (nSPS) is 24.8. The van der Waals surface area contributed by atoms with Gasteiger partial charge < -0.3 is 14.8 Å². The lowest BCUT2D eigenvalue weighted by Crippen LogP contribution is -2.47. The van der Waals surface area contributed by atoms with Crippen molar-refractivity contribution in [2.75, 3.05) is 33.4 Å². The Kier molecular flexibility index (Phi) is 5.70. The molecular formula is C12H22ClNO3. The Morgan fingerprint density at radius 1 is 1.29 bits per heavy atom. The Morgan fingerprint density at radius 3 is 2.41 bits per heavy atom. The minimum absolute atomic E-state index is 0. The Bertz CT molecular complexity index is 248. The topological polar surface area (TPSA) is 47.6 Å². The number of ether oxygens (including phenoxy) is 2. The largest absolute Gasteiger partial charge is 0.469 e. The molecule has 0 aromatic rings. The summed E-state index contributed by atoms with van der Waals surface area (Å²) >= 11 is 0. The molecule has 5 heteroatoms. The molecule has 2 rings (SSSR count). The van der Waals surface area contributed by atoms with E-state index in [-0.39, 0.29) is 23.8 Å². The lowest BCUT2D eigenvalue weighted by Gasteiger charge is -2.42. The van der Waals surface area contributed by atoms with Crippen molar-refractivity contribution in [3.05, 3.63) is 0 Å². The molecule has 1 N–H and O–H groups in total. The third kappa shape index (κ3) is 2.92. The summed E-state index contributed by atoms with van der Waals surface area (Å²) < 4.78 is 10.4. The van der Waals surface area contributed by atoms with Gasteiger partial charge in [0.25, 0.3) is 0 Å². The van der Waals surface area contributed by atoms with E-state index in [1.165, 1.54) is 7.11 Å². The molecule has 0 radical (unpaired) electrons. The number of methoxy groups -OCH3 is 1. The first-order chi connectivity index (χ1) is 7.79. The molecule has 0 unspecified atom stereocenters. The first-order valence-electron chi connectivity index (χ1n) is 6.16. The smallest absolute Gasteiger partial charge is 0.312 e. The van der Waals surface area contributed by atoms with Crippen molar-refractivity contribution in [3.8, 4) is 0 Å². The van der Waals surface area contributed by atoms with Crippen LogP contribution in [0.15, 0.2) is 0 Å². The van der Waals surface area contributed by atoms with Crippen molar-refractivity contribution < 1.29 is 14.3 Å². The predicted octanol–water partition coefficient (Wildman–Crippen LogP) is 1.38. The van der Waals surface area contributed by atoms with Crippen LogP contribution in [-0.2, 0) is 14.3 Å². The molecule has 2 heterocycles. The van der Waals surface area contributed by atoms with Gasteiger partial charge in [-0.2, -0.15) is 0 Å². The molecule has 2 fully saturated rings. The van der Waals surface area contributed by atoms with Crippen molar-refractivity contribution in [2.24, 2.45) is 11.3 Å². The number of carbonyl (C=O) groups is 1. The Morgan fingerprint density at radius 2 is 1.88 bits per heavy atom. The van der Waals surface area contributed by atoms with E-state index in [4.69, 9.17) is 9.47 Å². The highest BCUT2D eigenvalue weighted by molar-refractivity contribution is 5.85. The first kappa shape index (κ1) is 14.7. The van der Waals surface area contributed by atoms with Crippen LogP contribution < -0.4 is 5.32 Å². The first-order valence-corrected chi connectivity index (χ1v) is 6.16. The molecule has 0 amide bonds. The number of halogens is 1. The summed E-state index contributed by atoms with van der Waals surface area (Å²) in [5.74, 6) is 0.438. The van der Waals surface area contributed by atoms with Crippen molar-refractivity contribution in [3.63, 3.8) is 0 Å².